The van der Waals surface area contributed by atoms with Crippen molar-refractivity contribution in [3.05, 3.63) is 70.3 Å². The van der Waals surface area contributed by atoms with Gasteiger partial charge in [-0.3, -0.25) is 4.79 Å². The van der Waals surface area contributed by atoms with Gasteiger partial charge >= 0.3 is 0 Å². The van der Waals surface area contributed by atoms with E-state index in [0.717, 1.165) is 18.4 Å². The predicted molar refractivity (Wildman–Crippen MR) is 90.0 cm³/mol. The first-order valence-electron chi connectivity index (χ1n) is 8.25. The van der Waals surface area contributed by atoms with Crippen LogP contribution in [0.3, 0.4) is 0 Å². The minimum atomic E-state index is -0.468. The molecule has 24 heavy (non-hydrogen) atoms. The number of carbonyl (C=O) groups excluding carboxylic acids is 1. The van der Waals surface area contributed by atoms with E-state index in [2.05, 4.69) is 0 Å². The molecule has 1 fully saturated rings. The van der Waals surface area contributed by atoms with Crippen LogP contribution in [0.15, 0.2) is 36.4 Å². The number of likely N-dealkylation sites (tertiary alicyclic amines) is 1. The van der Waals surface area contributed by atoms with Gasteiger partial charge in [0.25, 0.3) is 5.91 Å². The van der Waals surface area contributed by atoms with Gasteiger partial charge in [0.1, 0.15) is 11.6 Å². The molecule has 0 aliphatic carbocycles. The molecule has 0 N–H and O–H groups in total. The van der Waals surface area contributed by atoms with Crippen LogP contribution in [0, 0.1) is 31.4 Å². The molecular formula is C20H21F2NO. The lowest BCUT2D eigenvalue weighted by molar-refractivity contribution is 0.0781. The second-order valence-electron chi connectivity index (χ2n) is 6.63. The third-order valence-corrected chi connectivity index (χ3v) is 4.77. The molecule has 0 bridgehead atoms. The average molecular weight is 329 g/mol. The lowest BCUT2D eigenvalue weighted by atomic mass is 9.98. The second-order valence-corrected chi connectivity index (χ2v) is 6.63. The first-order chi connectivity index (χ1) is 11.5. The Bertz CT molecular complexity index is 752. The summed E-state index contributed by atoms with van der Waals surface area (Å²) in [4.78, 5) is 14.3. The maximum Gasteiger partial charge on any atom is 0.257 e. The van der Waals surface area contributed by atoms with Gasteiger partial charge in [-0.25, -0.2) is 8.78 Å². The van der Waals surface area contributed by atoms with Gasteiger partial charge in [-0.1, -0.05) is 24.3 Å². The van der Waals surface area contributed by atoms with Crippen molar-refractivity contribution >= 4 is 5.91 Å². The molecule has 1 heterocycles. The summed E-state index contributed by atoms with van der Waals surface area (Å²) in [6, 6.07) is 9.97. The zero-order valence-electron chi connectivity index (χ0n) is 14.0. The summed E-state index contributed by atoms with van der Waals surface area (Å²) in [7, 11) is 0. The first-order valence-corrected chi connectivity index (χ1v) is 8.25. The molecule has 0 aromatic heterocycles. The monoisotopic (exact) mass is 329 g/mol. The van der Waals surface area contributed by atoms with Gasteiger partial charge < -0.3 is 4.90 Å². The van der Waals surface area contributed by atoms with E-state index in [9.17, 15) is 13.6 Å². The van der Waals surface area contributed by atoms with Crippen LogP contribution in [0.1, 0.15) is 33.5 Å². The summed E-state index contributed by atoms with van der Waals surface area (Å²) in [5.41, 5.74) is 2.40. The van der Waals surface area contributed by atoms with Gasteiger partial charge in [0.05, 0.1) is 5.56 Å². The zero-order chi connectivity index (χ0) is 17.3. The predicted octanol–water partition coefficient (Wildman–Crippen LogP) is 4.29. The summed E-state index contributed by atoms with van der Waals surface area (Å²) in [6.07, 6.45) is 1.59. The van der Waals surface area contributed by atoms with E-state index < -0.39 is 5.82 Å². The largest absolute Gasteiger partial charge is 0.338 e. The van der Waals surface area contributed by atoms with Crippen LogP contribution in [-0.2, 0) is 6.42 Å². The summed E-state index contributed by atoms with van der Waals surface area (Å²) in [6.45, 7) is 4.69. The number of aryl methyl sites for hydroxylation is 2. The van der Waals surface area contributed by atoms with Gasteiger partial charge in [-0.2, -0.15) is 0 Å². The fraction of sp³-hybridized carbons (Fsp3) is 0.350. The van der Waals surface area contributed by atoms with Crippen molar-refractivity contribution in [1.29, 1.82) is 0 Å². The van der Waals surface area contributed by atoms with E-state index in [4.69, 9.17) is 0 Å². The summed E-state index contributed by atoms with van der Waals surface area (Å²) >= 11 is 0. The third kappa shape index (κ3) is 3.32. The van der Waals surface area contributed by atoms with E-state index in [1.54, 1.807) is 43.0 Å². The molecule has 3 rings (SSSR count). The summed E-state index contributed by atoms with van der Waals surface area (Å²) in [5, 5.41) is 0. The van der Waals surface area contributed by atoms with E-state index >= 15 is 0 Å². The average Bonchev–Trinajstić information content (AvgIpc) is 2.99. The van der Waals surface area contributed by atoms with Crippen molar-refractivity contribution in [3.8, 4) is 0 Å². The Morgan fingerprint density at radius 1 is 1.12 bits per heavy atom. The molecule has 0 radical (unpaired) electrons. The van der Waals surface area contributed by atoms with E-state index in [0.29, 0.717) is 24.2 Å². The maximum atomic E-state index is 14.0. The number of hydrogen-bond acceptors (Lipinski definition) is 1. The molecule has 1 aliphatic heterocycles. The standard InChI is InChI=1S/C20H21F2NO/c1-13-6-7-15(11-18(13)22)10-16-8-9-23(12-16)20(24)19-14(2)4-3-5-17(19)21/h3-7,11,16H,8-10,12H2,1-2H3. The molecule has 1 amide bonds. The van der Waals surface area contributed by atoms with Crippen LogP contribution < -0.4 is 0 Å². The number of carbonyl (C=O) groups is 1. The minimum absolute atomic E-state index is 0.166. The Labute approximate surface area is 141 Å². The molecule has 1 saturated heterocycles. The van der Waals surface area contributed by atoms with Crippen molar-refractivity contribution in [2.24, 2.45) is 5.92 Å². The van der Waals surface area contributed by atoms with Crippen molar-refractivity contribution in [3.63, 3.8) is 0 Å². The van der Waals surface area contributed by atoms with Crippen LogP contribution in [-0.4, -0.2) is 23.9 Å². The lowest BCUT2D eigenvalue weighted by Gasteiger charge is -2.18. The van der Waals surface area contributed by atoms with E-state index in [1.807, 2.05) is 6.07 Å². The topological polar surface area (TPSA) is 20.3 Å². The number of halogens is 2. The van der Waals surface area contributed by atoms with Gasteiger partial charge in [0.15, 0.2) is 0 Å². The van der Waals surface area contributed by atoms with Crippen molar-refractivity contribution in [1.82, 2.24) is 4.90 Å². The van der Waals surface area contributed by atoms with Crippen molar-refractivity contribution in [2.45, 2.75) is 26.7 Å². The third-order valence-electron chi connectivity index (χ3n) is 4.77. The fourth-order valence-electron chi connectivity index (χ4n) is 3.34. The maximum absolute atomic E-state index is 14.0. The highest BCUT2D eigenvalue weighted by Crippen LogP contribution is 2.25. The van der Waals surface area contributed by atoms with Crippen LogP contribution in [0.4, 0.5) is 8.78 Å². The SMILES string of the molecule is Cc1ccc(CC2CCN(C(=O)c3c(C)cccc3F)C2)cc1F. The highest BCUT2D eigenvalue weighted by Gasteiger charge is 2.29. The van der Waals surface area contributed by atoms with Crippen LogP contribution in [0.5, 0.6) is 0 Å². The molecule has 1 unspecified atom stereocenters. The van der Waals surface area contributed by atoms with Gasteiger partial charge in [0, 0.05) is 13.1 Å². The highest BCUT2D eigenvalue weighted by molar-refractivity contribution is 5.96. The number of nitrogens with zero attached hydrogens (tertiary/aromatic N) is 1. The van der Waals surface area contributed by atoms with Gasteiger partial charge in [0.2, 0.25) is 0 Å². The number of amides is 1. The quantitative estimate of drug-likeness (QED) is 0.823. The van der Waals surface area contributed by atoms with Gasteiger partial charge in [-0.05, 0) is 61.4 Å². The van der Waals surface area contributed by atoms with E-state index in [-0.39, 0.29) is 23.2 Å². The molecule has 0 spiro atoms. The van der Waals surface area contributed by atoms with Crippen molar-refractivity contribution in [2.75, 3.05) is 13.1 Å². The van der Waals surface area contributed by atoms with Crippen LogP contribution in [0.2, 0.25) is 0 Å². The Morgan fingerprint density at radius 3 is 2.62 bits per heavy atom. The number of rotatable bonds is 3. The Balaban J connectivity index is 1.69. The summed E-state index contributed by atoms with van der Waals surface area (Å²) < 4.78 is 27.7. The Hall–Kier alpha value is -2.23. The molecular weight excluding hydrogens is 308 g/mol. The van der Waals surface area contributed by atoms with E-state index in [1.165, 1.54) is 6.07 Å². The van der Waals surface area contributed by atoms with Crippen LogP contribution >= 0.6 is 0 Å². The Kier molecular flexibility index (Phi) is 4.65. The lowest BCUT2D eigenvalue weighted by Crippen LogP contribution is -2.30. The molecule has 4 heteroatoms. The highest BCUT2D eigenvalue weighted by atomic mass is 19.1. The summed E-state index contributed by atoms with van der Waals surface area (Å²) in [5.74, 6) is -0.629. The first kappa shape index (κ1) is 16.6. The fourth-order valence-corrected chi connectivity index (χ4v) is 3.34. The molecule has 1 atom stereocenters. The molecule has 2 aromatic carbocycles. The van der Waals surface area contributed by atoms with Crippen molar-refractivity contribution < 1.29 is 13.6 Å². The smallest absolute Gasteiger partial charge is 0.257 e. The second kappa shape index (κ2) is 6.71. The molecule has 126 valence electrons. The zero-order valence-corrected chi connectivity index (χ0v) is 14.0. The van der Waals surface area contributed by atoms with Crippen LogP contribution in [0.25, 0.3) is 0 Å². The Morgan fingerprint density at radius 2 is 1.92 bits per heavy atom. The molecule has 2 nitrogen and oxygen atoms in total. The molecule has 0 saturated carbocycles. The number of benzene rings is 2. The molecule has 1 aliphatic rings. The minimum Gasteiger partial charge on any atom is -0.338 e. The number of hydrogen-bond donors (Lipinski definition) is 0. The normalized spacial score (nSPS) is 17.3. The van der Waals surface area contributed by atoms with Gasteiger partial charge in [-0.15, -0.1) is 0 Å². The molecule has 2 aromatic rings.